The minimum absolute atomic E-state index is 1.08. The van der Waals surface area contributed by atoms with Crippen molar-refractivity contribution in [3.05, 3.63) is 42.8 Å². The topological polar surface area (TPSA) is 15.3 Å². The first-order valence-corrected chi connectivity index (χ1v) is 9.31. The van der Waals surface area contributed by atoms with Crippen LogP contribution in [0.25, 0.3) is 0 Å². The molecule has 2 aliphatic heterocycles. The van der Waals surface area contributed by atoms with Gasteiger partial charge in [-0.3, -0.25) is 0 Å². The first kappa shape index (κ1) is 15.2. The van der Waals surface area contributed by atoms with Gasteiger partial charge in [0.05, 0.1) is 0 Å². The highest BCUT2D eigenvalue weighted by Crippen LogP contribution is 2.26. The van der Waals surface area contributed by atoms with E-state index in [0.717, 1.165) is 19.6 Å². The summed E-state index contributed by atoms with van der Waals surface area (Å²) >= 11 is 3.92. The van der Waals surface area contributed by atoms with E-state index in [1.165, 1.54) is 34.7 Å². The van der Waals surface area contributed by atoms with Gasteiger partial charge in [0.25, 0.3) is 0 Å². The first-order chi connectivity index (χ1) is 10.1. The van der Waals surface area contributed by atoms with Crippen LogP contribution in [0.1, 0.15) is 30.6 Å². The third-order valence-electron chi connectivity index (χ3n) is 4.04. The predicted octanol–water partition coefficient (Wildman–Crippen LogP) is 3.75. The van der Waals surface area contributed by atoms with Crippen LogP contribution in [0.4, 0.5) is 0 Å². The number of nitrogens with zero attached hydrogens (tertiary/aromatic N) is 1. The Kier molecular flexibility index (Phi) is 4.79. The Morgan fingerprint density at radius 2 is 1.67 bits per heavy atom. The maximum Gasteiger partial charge on any atom is 0.0241 e. The van der Waals surface area contributed by atoms with E-state index in [1.54, 1.807) is 15.3 Å². The van der Waals surface area contributed by atoms with Gasteiger partial charge in [0, 0.05) is 45.7 Å². The Bertz CT molecular complexity index is 589. The van der Waals surface area contributed by atoms with Gasteiger partial charge in [-0.15, -0.1) is 22.7 Å². The zero-order valence-electron chi connectivity index (χ0n) is 13.2. The van der Waals surface area contributed by atoms with Gasteiger partial charge in [-0.2, -0.15) is 0 Å². The molecule has 2 aromatic heterocycles. The molecule has 114 valence electrons. The normalized spacial score (nSPS) is 17.7. The molecule has 0 atom stereocenters. The van der Waals surface area contributed by atoms with E-state index in [1.807, 2.05) is 22.7 Å². The molecule has 4 heterocycles. The molecular weight excluding hydrogens is 296 g/mol. The lowest BCUT2D eigenvalue weighted by Gasteiger charge is -2.21. The minimum atomic E-state index is 1.08. The highest BCUT2D eigenvalue weighted by atomic mass is 32.1. The summed E-state index contributed by atoms with van der Waals surface area (Å²) in [6.07, 6.45) is 2.48. The third-order valence-corrected chi connectivity index (χ3v) is 6.35. The number of hydrogen-bond acceptors (Lipinski definition) is 4. The van der Waals surface area contributed by atoms with Gasteiger partial charge in [-0.1, -0.05) is 0 Å². The van der Waals surface area contributed by atoms with Gasteiger partial charge < -0.3 is 10.2 Å². The maximum atomic E-state index is 3.36. The SMILES string of the molecule is Cc1cc2c(s1)CCN(C)C2.Cc1cc2c(s1)CCNC2. The molecule has 0 saturated heterocycles. The first-order valence-electron chi connectivity index (χ1n) is 7.67. The number of fused-ring (bicyclic) bond motifs is 2. The maximum absolute atomic E-state index is 3.36. The quantitative estimate of drug-likeness (QED) is 0.795. The molecule has 1 N–H and O–H groups in total. The Morgan fingerprint density at radius 3 is 2.38 bits per heavy atom. The molecule has 0 amide bonds. The van der Waals surface area contributed by atoms with Crippen LogP contribution in [-0.2, 0) is 25.9 Å². The van der Waals surface area contributed by atoms with Gasteiger partial charge in [0.2, 0.25) is 0 Å². The number of likely N-dealkylation sites (N-methyl/N-ethyl adjacent to an activating group) is 1. The molecule has 0 aromatic carbocycles. The third kappa shape index (κ3) is 3.75. The zero-order chi connectivity index (χ0) is 14.8. The van der Waals surface area contributed by atoms with Crippen LogP contribution in [0.15, 0.2) is 12.1 Å². The predicted molar refractivity (Wildman–Crippen MR) is 93.6 cm³/mol. The fourth-order valence-electron chi connectivity index (χ4n) is 3.02. The molecule has 0 aliphatic carbocycles. The smallest absolute Gasteiger partial charge is 0.0241 e. The second-order valence-corrected chi connectivity index (χ2v) is 8.71. The van der Waals surface area contributed by atoms with E-state index in [0.29, 0.717) is 0 Å². The standard InChI is InChI=1S/C9H13NS.C8H11NS/c1-7-5-8-6-10(2)4-3-9(8)11-7;1-6-4-7-5-9-3-2-8(7)10-6/h5H,3-4,6H2,1-2H3;4,9H,2-3,5H2,1H3. The number of rotatable bonds is 0. The van der Waals surface area contributed by atoms with E-state index in [9.17, 15) is 0 Å². The second kappa shape index (κ2) is 6.61. The van der Waals surface area contributed by atoms with Crippen LogP contribution in [-0.4, -0.2) is 25.0 Å². The van der Waals surface area contributed by atoms with Crippen molar-refractivity contribution in [1.29, 1.82) is 0 Å². The Labute approximate surface area is 135 Å². The molecule has 4 rings (SSSR count). The van der Waals surface area contributed by atoms with Crippen molar-refractivity contribution in [3.63, 3.8) is 0 Å². The summed E-state index contributed by atoms with van der Waals surface area (Å²) in [5.41, 5.74) is 3.08. The van der Waals surface area contributed by atoms with E-state index < -0.39 is 0 Å². The summed E-state index contributed by atoms with van der Waals surface area (Å²) < 4.78 is 0. The molecule has 21 heavy (non-hydrogen) atoms. The second-order valence-electron chi connectivity index (χ2n) is 6.03. The lowest BCUT2D eigenvalue weighted by Crippen LogP contribution is -2.25. The fraction of sp³-hybridized carbons (Fsp3) is 0.529. The van der Waals surface area contributed by atoms with Crippen molar-refractivity contribution in [1.82, 2.24) is 10.2 Å². The molecule has 0 fully saturated rings. The highest BCUT2D eigenvalue weighted by molar-refractivity contribution is 7.12. The van der Waals surface area contributed by atoms with Gasteiger partial charge in [0.1, 0.15) is 0 Å². The summed E-state index contributed by atoms with van der Waals surface area (Å²) in [6, 6.07) is 4.63. The summed E-state index contributed by atoms with van der Waals surface area (Å²) in [7, 11) is 2.19. The summed E-state index contributed by atoms with van der Waals surface area (Å²) in [6.45, 7) is 9.01. The van der Waals surface area contributed by atoms with Crippen LogP contribution in [0.5, 0.6) is 0 Å². The molecule has 0 radical (unpaired) electrons. The Hall–Kier alpha value is -0.680. The van der Waals surface area contributed by atoms with Crippen molar-refractivity contribution in [3.8, 4) is 0 Å². The molecule has 0 bridgehead atoms. The Balaban J connectivity index is 0.000000126. The summed E-state index contributed by atoms with van der Waals surface area (Å²) in [4.78, 5) is 8.50. The van der Waals surface area contributed by atoms with E-state index in [-0.39, 0.29) is 0 Å². The summed E-state index contributed by atoms with van der Waals surface area (Å²) in [5, 5.41) is 3.36. The zero-order valence-corrected chi connectivity index (χ0v) is 14.8. The van der Waals surface area contributed by atoms with Gasteiger partial charge in [-0.25, -0.2) is 0 Å². The Morgan fingerprint density at radius 1 is 1.00 bits per heavy atom. The molecule has 4 heteroatoms. The summed E-state index contributed by atoms with van der Waals surface area (Å²) in [5.74, 6) is 0. The van der Waals surface area contributed by atoms with Crippen LogP contribution >= 0.6 is 22.7 Å². The van der Waals surface area contributed by atoms with Crippen molar-refractivity contribution in [2.75, 3.05) is 20.1 Å². The van der Waals surface area contributed by atoms with Crippen LogP contribution in [0.2, 0.25) is 0 Å². The van der Waals surface area contributed by atoms with Crippen LogP contribution < -0.4 is 5.32 Å². The average molecular weight is 321 g/mol. The molecule has 2 aliphatic rings. The number of thiophene rings is 2. The molecule has 0 unspecified atom stereocenters. The molecule has 0 saturated carbocycles. The number of aryl methyl sites for hydroxylation is 2. The lowest BCUT2D eigenvalue weighted by molar-refractivity contribution is 0.315. The molecular formula is C17H24N2S2. The molecule has 2 aromatic rings. The van der Waals surface area contributed by atoms with Crippen molar-refractivity contribution in [2.45, 2.75) is 39.8 Å². The molecule has 2 nitrogen and oxygen atoms in total. The van der Waals surface area contributed by atoms with E-state index in [4.69, 9.17) is 0 Å². The van der Waals surface area contributed by atoms with Crippen LogP contribution in [0.3, 0.4) is 0 Å². The number of hydrogen-bond donors (Lipinski definition) is 1. The number of nitrogens with one attached hydrogen (secondary N) is 1. The average Bonchev–Trinajstić information content (AvgIpc) is 2.99. The van der Waals surface area contributed by atoms with E-state index in [2.05, 4.69) is 43.2 Å². The van der Waals surface area contributed by atoms with Crippen molar-refractivity contribution >= 4 is 22.7 Å². The molecule has 0 spiro atoms. The highest BCUT2D eigenvalue weighted by Gasteiger charge is 2.14. The van der Waals surface area contributed by atoms with Crippen molar-refractivity contribution < 1.29 is 0 Å². The monoisotopic (exact) mass is 320 g/mol. The largest absolute Gasteiger partial charge is 0.312 e. The minimum Gasteiger partial charge on any atom is -0.312 e. The van der Waals surface area contributed by atoms with Gasteiger partial charge in [0.15, 0.2) is 0 Å². The lowest BCUT2D eigenvalue weighted by atomic mass is 10.1. The van der Waals surface area contributed by atoms with Crippen LogP contribution in [0, 0.1) is 13.8 Å². The fourth-order valence-corrected chi connectivity index (χ4v) is 5.12. The van der Waals surface area contributed by atoms with Gasteiger partial charge >= 0.3 is 0 Å². The van der Waals surface area contributed by atoms with Gasteiger partial charge in [-0.05, 0) is 57.0 Å². The van der Waals surface area contributed by atoms with Crippen molar-refractivity contribution in [2.24, 2.45) is 0 Å². The van der Waals surface area contributed by atoms with E-state index >= 15 is 0 Å².